The first-order valence-corrected chi connectivity index (χ1v) is 11.3. The van der Waals surface area contributed by atoms with Crippen LogP contribution >= 0.6 is 11.6 Å². The number of fused-ring (bicyclic) bond motifs is 2. The van der Waals surface area contributed by atoms with E-state index >= 15 is 4.39 Å². The Morgan fingerprint density at radius 1 is 1.28 bits per heavy atom. The minimum absolute atomic E-state index is 0.136. The molecule has 3 fully saturated rings. The molecular weight excluding hydrogens is 437 g/mol. The fourth-order valence-electron chi connectivity index (χ4n) is 4.95. The van der Waals surface area contributed by atoms with Crippen LogP contribution in [0.5, 0.6) is 0 Å². The monoisotopic (exact) mass is 459 g/mol. The summed E-state index contributed by atoms with van der Waals surface area (Å²) in [7, 11) is 0. The zero-order valence-electron chi connectivity index (χ0n) is 18.0. The van der Waals surface area contributed by atoms with Crippen molar-refractivity contribution in [2.75, 3.05) is 13.1 Å². The Hall–Kier alpha value is -2.68. The summed E-state index contributed by atoms with van der Waals surface area (Å²) in [4.78, 5) is 18.6. The molecule has 3 aromatic heterocycles. The lowest BCUT2D eigenvalue weighted by molar-refractivity contribution is 0.0271. The SMILES string of the molecule is CC(C)(C)OC(=O)N1C[C@@H]2C(c3nn(C4CC4)c4c(F)c(Cl)nc(-c5cnoc5)c34)[C@@H]2C1. The zero-order chi connectivity index (χ0) is 22.4. The lowest BCUT2D eigenvalue weighted by atomic mass is 10.0. The van der Waals surface area contributed by atoms with Gasteiger partial charge in [0.2, 0.25) is 0 Å². The molecule has 3 aliphatic rings. The molecule has 3 aromatic rings. The first-order valence-electron chi connectivity index (χ1n) is 10.9. The van der Waals surface area contributed by atoms with Gasteiger partial charge in [-0.1, -0.05) is 16.8 Å². The topological polar surface area (TPSA) is 86.3 Å². The summed E-state index contributed by atoms with van der Waals surface area (Å²) < 4.78 is 27.5. The van der Waals surface area contributed by atoms with Gasteiger partial charge in [-0.05, 0) is 45.4 Å². The number of amides is 1. The van der Waals surface area contributed by atoms with E-state index in [1.165, 1.54) is 6.26 Å². The molecule has 4 heterocycles. The summed E-state index contributed by atoms with van der Waals surface area (Å²) in [5.74, 6) is 0.121. The maximum Gasteiger partial charge on any atom is 0.410 e. The van der Waals surface area contributed by atoms with E-state index in [0.29, 0.717) is 35.2 Å². The minimum Gasteiger partial charge on any atom is -0.444 e. The number of nitrogens with zero attached hydrogens (tertiary/aromatic N) is 5. The Labute approximate surface area is 188 Å². The fraction of sp³-hybridized carbons (Fsp3) is 0.545. The van der Waals surface area contributed by atoms with Crippen molar-refractivity contribution in [1.82, 2.24) is 24.8 Å². The molecule has 6 rings (SSSR count). The molecule has 3 atom stereocenters. The third kappa shape index (κ3) is 3.09. The molecule has 0 bridgehead atoms. The first-order chi connectivity index (χ1) is 15.2. The fourth-order valence-corrected chi connectivity index (χ4v) is 5.13. The van der Waals surface area contributed by atoms with E-state index in [0.717, 1.165) is 18.5 Å². The minimum atomic E-state index is -0.547. The average molecular weight is 460 g/mol. The van der Waals surface area contributed by atoms with Crippen LogP contribution in [0.25, 0.3) is 22.2 Å². The molecular formula is C22H23ClFN5O3. The summed E-state index contributed by atoms with van der Waals surface area (Å²) >= 11 is 6.18. The number of hydrogen-bond acceptors (Lipinski definition) is 6. The van der Waals surface area contributed by atoms with Gasteiger partial charge >= 0.3 is 6.09 Å². The molecule has 1 unspecified atom stereocenters. The molecule has 168 valence electrons. The van der Waals surface area contributed by atoms with Crippen molar-refractivity contribution in [2.45, 2.75) is 51.2 Å². The number of carbonyl (C=O) groups is 1. The van der Waals surface area contributed by atoms with E-state index in [9.17, 15) is 4.79 Å². The lowest BCUT2D eigenvalue weighted by Crippen LogP contribution is -2.36. The van der Waals surface area contributed by atoms with E-state index in [1.54, 1.807) is 15.8 Å². The van der Waals surface area contributed by atoms with Crippen molar-refractivity contribution < 1.29 is 18.4 Å². The van der Waals surface area contributed by atoms with Crippen LogP contribution in [0.4, 0.5) is 9.18 Å². The molecule has 2 aliphatic carbocycles. The standard InChI is InChI=1S/C22H23ClFN5O3/c1-22(2,3)32-21(30)28-7-12-13(8-28)14(12)18-15-17(10-6-25-31-9-10)26-20(23)16(24)19(15)29(27-18)11-4-5-11/h6,9,11-14H,4-5,7-8H2,1-3H3/t12-,13+,14?. The Morgan fingerprint density at radius 2 is 2.00 bits per heavy atom. The van der Waals surface area contributed by atoms with Gasteiger partial charge in [0, 0.05) is 19.0 Å². The van der Waals surface area contributed by atoms with Gasteiger partial charge in [-0.2, -0.15) is 5.10 Å². The largest absolute Gasteiger partial charge is 0.444 e. The number of rotatable bonds is 3. The van der Waals surface area contributed by atoms with Gasteiger partial charge in [-0.3, -0.25) is 4.68 Å². The predicted octanol–water partition coefficient (Wildman–Crippen LogP) is 4.79. The summed E-state index contributed by atoms with van der Waals surface area (Å²) in [5.41, 5.74) is 1.86. The number of pyridine rings is 1. The number of aromatic nitrogens is 4. The summed E-state index contributed by atoms with van der Waals surface area (Å²) in [6.45, 7) is 6.79. The van der Waals surface area contributed by atoms with Gasteiger partial charge in [0.15, 0.2) is 11.0 Å². The molecule has 1 aliphatic heterocycles. The van der Waals surface area contributed by atoms with Gasteiger partial charge in [-0.15, -0.1) is 0 Å². The maximum atomic E-state index is 15.2. The molecule has 1 amide bonds. The van der Waals surface area contributed by atoms with Crippen LogP contribution in [0.15, 0.2) is 17.0 Å². The molecule has 0 spiro atoms. The van der Waals surface area contributed by atoms with Crippen molar-refractivity contribution >= 4 is 28.6 Å². The average Bonchev–Trinajstić information content (AvgIpc) is 3.46. The number of likely N-dealkylation sites (tertiary alicyclic amines) is 1. The van der Waals surface area contributed by atoms with Gasteiger partial charge in [0.25, 0.3) is 0 Å². The Bertz CT molecular complexity index is 1220. The highest BCUT2D eigenvalue weighted by Gasteiger charge is 2.59. The third-order valence-corrected chi connectivity index (χ3v) is 6.78. The van der Waals surface area contributed by atoms with Crippen molar-refractivity contribution in [3.05, 3.63) is 29.1 Å². The van der Waals surface area contributed by atoms with Crippen molar-refractivity contribution in [2.24, 2.45) is 11.8 Å². The second-order valence-electron chi connectivity index (χ2n) is 10.0. The van der Waals surface area contributed by atoms with Gasteiger partial charge < -0.3 is 14.2 Å². The molecule has 0 radical (unpaired) electrons. The molecule has 8 nitrogen and oxygen atoms in total. The van der Waals surface area contributed by atoms with E-state index in [1.807, 2.05) is 20.8 Å². The number of carbonyl (C=O) groups excluding carboxylic acids is 1. The third-order valence-electron chi connectivity index (χ3n) is 6.53. The van der Waals surface area contributed by atoms with Crippen LogP contribution in [0.2, 0.25) is 5.15 Å². The molecule has 1 saturated heterocycles. The van der Waals surface area contributed by atoms with Crippen LogP contribution < -0.4 is 0 Å². The van der Waals surface area contributed by atoms with E-state index < -0.39 is 11.4 Å². The molecule has 0 N–H and O–H groups in total. The molecule has 32 heavy (non-hydrogen) atoms. The number of ether oxygens (including phenoxy) is 1. The van der Waals surface area contributed by atoms with Gasteiger partial charge in [0.1, 0.15) is 17.4 Å². The van der Waals surface area contributed by atoms with E-state index in [-0.39, 0.29) is 35.0 Å². The summed E-state index contributed by atoms with van der Waals surface area (Å²) in [5, 5.41) is 9.16. The van der Waals surface area contributed by atoms with Crippen LogP contribution in [-0.2, 0) is 4.74 Å². The lowest BCUT2D eigenvalue weighted by Gasteiger charge is -2.25. The Balaban J connectivity index is 1.39. The first kappa shape index (κ1) is 20.0. The molecule has 2 saturated carbocycles. The summed E-state index contributed by atoms with van der Waals surface area (Å²) in [6, 6.07) is 0.173. The van der Waals surface area contributed by atoms with Crippen molar-refractivity contribution in [3.8, 4) is 11.3 Å². The van der Waals surface area contributed by atoms with Gasteiger partial charge in [0.05, 0.1) is 34.6 Å². The van der Waals surface area contributed by atoms with Crippen molar-refractivity contribution in [1.29, 1.82) is 0 Å². The van der Waals surface area contributed by atoms with Crippen LogP contribution in [-0.4, -0.2) is 49.6 Å². The highest BCUT2D eigenvalue weighted by molar-refractivity contribution is 6.30. The van der Waals surface area contributed by atoms with E-state index in [4.69, 9.17) is 26.0 Å². The van der Waals surface area contributed by atoms with Gasteiger partial charge in [-0.25, -0.2) is 14.2 Å². The van der Waals surface area contributed by atoms with Crippen LogP contribution in [0, 0.1) is 17.7 Å². The Morgan fingerprint density at radius 3 is 2.59 bits per heavy atom. The number of hydrogen-bond donors (Lipinski definition) is 0. The zero-order valence-corrected chi connectivity index (χ0v) is 18.8. The second kappa shape index (κ2) is 6.66. The van der Waals surface area contributed by atoms with Crippen molar-refractivity contribution in [3.63, 3.8) is 0 Å². The smallest absolute Gasteiger partial charge is 0.410 e. The molecule has 10 heteroatoms. The maximum absolute atomic E-state index is 15.2. The Kier molecular flexibility index (Phi) is 4.16. The quantitative estimate of drug-likeness (QED) is 0.523. The van der Waals surface area contributed by atoms with Crippen LogP contribution in [0.3, 0.4) is 0 Å². The van der Waals surface area contributed by atoms with Crippen LogP contribution in [0.1, 0.15) is 51.3 Å². The number of piperidine rings is 1. The number of halogens is 2. The highest BCUT2D eigenvalue weighted by atomic mass is 35.5. The highest BCUT2D eigenvalue weighted by Crippen LogP contribution is 2.60. The van der Waals surface area contributed by atoms with E-state index in [2.05, 4.69) is 10.1 Å². The second-order valence-corrected chi connectivity index (χ2v) is 10.4. The molecule has 0 aromatic carbocycles. The predicted molar refractivity (Wildman–Crippen MR) is 114 cm³/mol. The normalized spacial score (nSPS) is 24.8. The summed E-state index contributed by atoms with van der Waals surface area (Å²) in [6.07, 6.45) is 4.66.